The second kappa shape index (κ2) is 3.61. The van der Waals surface area contributed by atoms with Crippen LogP contribution in [0.25, 0.3) is 0 Å². The first-order valence-corrected chi connectivity index (χ1v) is 4.79. The number of hydrogen-bond donors (Lipinski definition) is 1. The fourth-order valence-electron chi connectivity index (χ4n) is 1.78. The summed E-state index contributed by atoms with van der Waals surface area (Å²) in [7, 11) is 0. The van der Waals surface area contributed by atoms with Crippen molar-refractivity contribution in [2.45, 2.75) is 58.5 Å². The van der Waals surface area contributed by atoms with E-state index in [4.69, 9.17) is 0 Å². The van der Waals surface area contributed by atoms with E-state index >= 15 is 0 Å². The molecule has 2 atom stereocenters. The Morgan fingerprint density at radius 3 is 1.33 bits per heavy atom. The first kappa shape index (κ1) is 14.7. The SMILES string of the molecule is CCC(C)(O)C(F)(C(C)(C)C)C(F)(F)F. The van der Waals surface area contributed by atoms with Crippen molar-refractivity contribution in [1.29, 1.82) is 0 Å². The molecule has 0 aliphatic rings. The molecular weight excluding hydrogens is 212 g/mol. The van der Waals surface area contributed by atoms with Gasteiger partial charge in [-0.05, 0) is 13.3 Å². The molecule has 0 radical (unpaired) electrons. The van der Waals surface area contributed by atoms with Crippen LogP contribution in [-0.4, -0.2) is 22.6 Å². The van der Waals surface area contributed by atoms with Crippen LogP contribution < -0.4 is 0 Å². The summed E-state index contributed by atoms with van der Waals surface area (Å²) in [5, 5.41) is 9.62. The van der Waals surface area contributed by atoms with Gasteiger partial charge in [0.2, 0.25) is 5.67 Å². The van der Waals surface area contributed by atoms with E-state index in [0.29, 0.717) is 0 Å². The minimum atomic E-state index is -5.09. The van der Waals surface area contributed by atoms with Gasteiger partial charge in [-0.25, -0.2) is 4.39 Å². The van der Waals surface area contributed by atoms with Gasteiger partial charge in [-0.1, -0.05) is 27.7 Å². The molecule has 0 aromatic rings. The van der Waals surface area contributed by atoms with Crippen molar-refractivity contribution in [1.82, 2.24) is 0 Å². The average Bonchev–Trinajstić information content (AvgIpc) is 1.98. The van der Waals surface area contributed by atoms with E-state index in [1.807, 2.05) is 0 Å². The topological polar surface area (TPSA) is 20.2 Å². The number of aliphatic hydroxyl groups is 1. The predicted molar refractivity (Wildman–Crippen MR) is 50.3 cm³/mol. The summed E-state index contributed by atoms with van der Waals surface area (Å²) in [6.07, 6.45) is -5.40. The van der Waals surface area contributed by atoms with Crippen molar-refractivity contribution in [2.75, 3.05) is 0 Å². The molecule has 0 rings (SSSR count). The first-order valence-electron chi connectivity index (χ1n) is 4.79. The van der Waals surface area contributed by atoms with Crippen LogP contribution in [0.5, 0.6) is 0 Å². The molecule has 0 fully saturated rings. The second-order valence-corrected chi connectivity index (χ2v) is 5.03. The molecule has 0 spiro atoms. The Kier molecular flexibility index (Phi) is 3.53. The lowest BCUT2D eigenvalue weighted by molar-refractivity contribution is -0.318. The van der Waals surface area contributed by atoms with Crippen LogP contribution in [0.2, 0.25) is 0 Å². The van der Waals surface area contributed by atoms with Crippen molar-refractivity contribution in [3.63, 3.8) is 0 Å². The smallest absolute Gasteiger partial charge is 0.386 e. The number of hydrogen-bond acceptors (Lipinski definition) is 1. The average molecular weight is 230 g/mol. The van der Waals surface area contributed by atoms with Gasteiger partial charge >= 0.3 is 6.18 Å². The Hall–Kier alpha value is -0.320. The molecule has 15 heavy (non-hydrogen) atoms. The lowest BCUT2D eigenvalue weighted by Crippen LogP contribution is -2.65. The van der Waals surface area contributed by atoms with Crippen LogP contribution in [0.15, 0.2) is 0 Å². The highest BCUT2D eigenvalue weighted by Gasteiger charge is 2.70. The monoisotopic (exact) mass is 230 g/mol. The highest BCUT2D eigenvalue weighted by molar-refractivity contribution is 5.08. The lowest BCUT2D eigenvalue weighted by Gasteiger charge is -2.47. The minimum absolute atomic E-state index is 0.305. The van der Waals surface area contributed by atoms with Crippen LogP contribution in [-0.2, 0) is 0 Å². The zero-order chi connectivity index (χ0) is 12.7. The van der Waals surface area contributed by atoms with E-state index in [2.05, 4.69) is 0 Å². The minimum Gasteiger partial charge on any atom is -0.386 e. The molecule has 0 amide bonds. The third-order valence-corrected chi connectivity index (χ3v) is 2.85. The number of rotatable bonds is 2. The van der Waals surface area contributed by atoms with Crippen LogP contribution in [0.4, 0.5) is 17.6 Å². The Morgan fingerprint density at radius 1 is 0.933 bits per heavy atom. The standard InChI is InChI=1S/C10H18F4O/c1-6-8(5,15)9(11,7(2,3)4)10(12,13)14/h15H,6H2,1-5H3. The molecule has 0 aliphatic carbocycles. The summed E-state index contributed by atoms with van der Waals surface area (Å²) in [6, 6.07) is 0. The molecule has 0 aromatic carbocycles. The molecule has 0 aliphatic heterocycles. The van der Waals surface area contributed by atoms with Gasteiger partial charge in [0, 0.05) is 5.41 Å². The van der Waals surface area contributed by atoms with Crippen molar-refractivity contribution in [2.24, 2.45) is 5.41 Å². The zero-order valence-corrected chi connectivity index (χ0v) is 9.67. The van der Waals surface area contributed by atoms with Crippen molar-refractivity contribution < 1.29 is 22.7 Å². The first-order chi connectivity index (χ1) is 6.31. The van der Waals surface area contributed by atoms with Crippen molar-refractivity contribution >= 4 is 0 Å². The number of halogens is 4. The van der Waals surface area contributed by atoms with Gasteiger partial charge in [-0.15, -0.1) is 0 Å². The molecule has 0 aromatic heterocycles. The van der Waals surface area contributed by atoms with E-state index < -0.39 is 22.9 Å². The van der Waals surface area contributed by atoms with Gasteiger partial charge in [0.05, 0.1) is 0 Å². The molecule has 0 bridgehead atoms. The van der Waals surface area contributed by atoms with Crippen LogP contribution >= 0.6 is 0 Å². The summed E-state index contributed by atoms with van der Waals surface area (Å²) in [6.45, 7) is 5.59. The molecular formula is C10H18F4O. The van der Waals surface area contributed by atoms with Crippen LogP contribution in [0.1, 0.15) is 41.0 Å². The Morgan fingerprint density at radius 2 is 1.27 bits per heavy atom. The van der Waals surface area contributed by atoms with E-state index in [9.17, 15) is 22.7 Å². The van der Waals surface area contributed by atoms with Crippen LogP contribution in [0.3, 0.4) is 0 Å². The predicted octanol–water partition coefficient (Wildman–Crippen LogP) is 3.46. The molecule has 5 heteroatoms. The molecule has 1 N–H and O–H groups in total. The van der Waals surface area contributed by atoms with Gasteiger partial charge in [0.1, 0.15) is 5.60 Å². The molecule has 1 nitrogen and oxygen atoms in total. The third kappa shape index (κ3) is 2.12. The Balaban J connectivity index is 5.65. The maximum atomic E-state index is 14.2. The van der Waals surface area contributed by atoms with Gasteiger partial charge < -0.3 is 5.11 Å². The maximum absolute atomic E-state index is 14.2. The van der Waals surface area contributed by atoms with E-state index in [0.717, 1.165) is 27.7 Å². The summed E-state index contributed by atoms with van der Waals surface area (Å²) < 4.78 is 52.5. The van der Waals surface area contributed by atoms with Crippen molar-refractivity contribution in [3.8, 4) is 0 Å². The van der Waals surface area contributed by atoms with E-state index in [1.165, 1.54) is 6.92 Å². The number of alkyl halides is 4. The molecule has 92 valence electrons. The van der Waals surface area contributed by atoms with Crippen LogP contribution in [0, 0.1) is 5.41 Å². The highest BCUT2D eigenvalue weighted by Crippen LogP contribution is 2.53. The normalized spacial score (nSPS) is 22.0. The van der Waals surface area contributed by atoms with Gasteiger partial charge in [-0.2, -0.15) is 13.2 Å². The summed E-state index contributed by atoms with van der Waals surface area (Å²) in [4.78, 5) is 0. The summed E-state index contributed by atoms with van der Waals surface area (Å²) >= 11 is 0. The molecule has 2 unspecified atom stereocenters. The molecule has 0 heterocycles. The second-order valence-electron chi connectivity index (χ2n) is 5.03. The summed E-state index contributed by atoms with van der Waals surface area (Å²) in [5.74, 6) is 0. The largest absolute Gasteiger partial charge is 0.425 e. The molecule has 0 saturated carbocycles. The van der Waals surface area contributed by atoms with Gasteiger partial charge in [0.25, 0.3) is 0 Å². The van der Waals surface area contributed by atoms with Crippen molar-refractivity contribution in [3.05, 3.63) is 0 Å². The summed E-state index contributed by atoms with van der Waals surface area (Å²) in [5.41, 5.74) is -7.77. The maximum Gasteiger partial charge on any atom is 0.425 e. The lowest BCUT2D eigenvalue weighted by atomic mass is 9.67. The van der Waals surface area contributed by atoms with Gasteiger partial charge in [-0.3, -0.25) is 0 Å². The zero-order valence-electron chi connectivity index (χ0n) is 9.67. The quantitative estimate of drug-likeness (QED) is 0.720. The van der Waals surface area contributed by atoms with E-state index in [1.54, 1.807) is 0 Å². The fraction of sp³-hybridized carbons (Fsp3) is 1.00. The Bertz CT molecular complexity index is 211. The highest BCUT2D eigenvalue weighted by atomic mass is 19.4. The third-order valence-electron chi connectivity index (χ3n) is 2.85. The Labute approximate surface area is 87.5 Å². The van der Waals surface area contributed by atoms with Gasteiger partial charge in [0.15, 0.2) is 0 Å². The fourth-order valence-corrected chi connectivity index (χ4v) is 1.78. The molecule has 0 saturated heterocycles. The van der Waals surface area contributed by atoms with E-state index in [-0.39, 0.29) is 6.42 Å².